The van der Waals surface area contributed by atoms with Crippen LogP contribution < -0.4 is 0 Å². The van der Waals surface area contributed by atoms with Crippen LogP contribution in [0.3, 0.4) is 0 Å². The highest BCUT2D eigenvalue weighted by Gasteiger charge is 2.65. The summed E-state index contributed by atoms with van der Waals surface area (Å²) in [5, 5.41) is 9.81. The normalized spacial score (nSPS) is 50.4. The molecule has 5 unspecified atom stereocenters. The summed E-state index contributed by atoms with van der Waals surface area (Å²) >= 11 is 0. The van der Waals surface area contributed by atoms with Crippen molar-refractivity contribution < 1.29 is 0 Å². The fraction of sp³-hybridized carbons (Fsp3) is 0.792. The Labute approximate surface area is 155 Å². The second kappa shape index (κ2) is 5.48. The third-order valence-electron chi connectivity index (χ3n) is 9.12. The van der Waals surface area contributed by atoms with E-state index in [0.29, 0.717) is 11.3 Å². The second-order valence-electron chi connectivity index (χ2n) is 11.0. The molecule has 25 heavy (non-hydrogen) atoms. The van der Waals surface area contributed by atoms with Gasteiger partial charge in [-0.3, -0.25) is 0 Å². The van der Waals surface area contributed by atoms with Crippen molar-refractivity contribution in [2.45, 2.75) is 86.5 Å². The monoisotopic (exact) mass is 339 g/mol. The molecule has 0 aromatic rings. The summed E-state index contributed by atoms with van der Waals surface area (Å²) in [5.74, 6) is 0.640. The Morgan fingerprint density at radius 1 is 0.960 bits per heavy atom. The maximum absolute atomic E-state index is 9.81. The quantitative estimate of drug-likeness (QED) is 0.501. The Morgan fingerprint density at radius 2 is 1.60 bits per heavy atom. The fourth-order valence-corrected chi connectivity index (χ4v) is 7.01. The highest BCUT2D eigenvalue weighted by Crippen LogP contribution is 2.73. The molecule has 3 saturated carbocycles. The van der Waals surface area contributed by atoms with E-state index in [9.17, 15) is 5.26 Å². The third-order valence-corrected chi connectivity index (χ3v) is 9.12. The number of hydrogen-bond donors (Lipinski definition) is 0. The topological polar surface area (TPSA) is 23.8 Å². The largest absolute Gasteiger partial charge is 0.198 e. The van der Waals surface area contributed by atoms with E-state index in [-0.39, 0.29) is 21.7 Å². The van der Waals surface area contributed by atoms with Crippen molar-refractivity contribution in [3.05, 3.63) is 24.3 Å². The molecule has 1 heteroatoms. The van der Waals surface area contributed by atoms with Crippen LogP contribution in [-0.2, 0) is 0 Å². The molecule has 3 rings (SSSR count). The standard InChI is InChI=1S/C24H37N/c1-8-9-18-20(2,3)10-14-24(7)19-16-21(4,17-25)11-12-22(19,5)13-15-23(18,24)6/h8-9,19H,1,10-16H2,2-7H3. The van der Waals surface area contributed by atoms with Crippen LogP contribution in [0.1, 0.15) is 86.5 Å². The van der Waals surface area contributed by atoms with Crippen molar-refractivity contribution in [3.63, 3.8) is 0 Å². The highest BCUT2D eigenvalue weighted by molar-refractivity contribution is 5.33. The first-order chi connectivity index (χ1) is 11.5. The van der Waals surface area contributed by atoms with Gasteiger partial charge in [-0.1, -0.05) is 58.9 Å². The van der Waals surface area contributed by atoms with Gasteiger partial charge in [0, 0.05) is 0 Å². The number of hydrogen-bond acceptors (Lipinski definition) is 1. The summed E-state index contributed by atoms with van der Waals surface area (Å²) in [6.07, 6.45) is 12.8. The minimum absolute atomic E-state index is 0.138. The Kier molecular flexibility index (Phi) is 4.11. The summed E-state index contributed by atoms with van der Waals surface area (Å²) in [4.78, 5) is 0. The van der Waals surface area contributed by atoms with E-state index in [2.05, 4.69) is 60.3 Å². The zero-order valence-electron chi connectivity index (χ0n) is 17.3. The van der Waals surface area contributed by atoms with Gasteiger partial charge in [0.1, 0.15) is 0 Å². The van der Waals surface area contributed by atoms with Gasteiger partial charge in [0.2, 0.25) is 0 Å². The van der Waals surface area contributed by atoms with E-state index in [0.717, 1.165) is 12.8 Å². The molecule has 3 aliphatic carbocycles. The lowest BCUT2D eigenvalue weighted by molar-refractivity contribution is -0.156. The molecule has 0 N–H and O–H groups in total. The lowest BCUT2D eigenvalue weighted by atomic mass is 9.35. The number of fused-ring (bicyclic) bond motifs is 3. The van der Waals surface area contributed by atoms with Crippen molar-refractivity contribution in [2.75, 3.05) is 0 Å². The average Bonchev–Trinajstić information content (AvgIpc) is 2.56. The zero-order chi connectivity index (χ0) is 18.7. The first kappa shape index (κ1) is 18.8. The van der Waals surface area contributed by atoms with Gasteiger partial charge in [0.25, 0.3) is 0 Å². The number of allylic oxidation sites excluding steroid dienone is 3. The van der Waals surface area contributed by atoms with Gasteiger partial charge < -0.3 is 0 Å². The van der Waals surface area contributed by atoms with Gasteiger partial charge in [0.05, 0.1) is 11.5 Å². The predicted molar refractivity (Wildman–Crippen MR) is 106 cm³/mol. The van der Waals surface area contributed by atoms with E-state index in [1.54, 1.807) is 5.57 Å². The first-order valence-corrected chi connectivity index (χ1v) is 10.2. The van der Waals surface area contributed by atoms with Crippen LogP contribution in [0.4, 0.5) is 0 Å². The summed E-state index contributed by atoms with van der Waals surface area (Å²) in [7, 11) is 0. The Morgan fingerprint density at radius 3 is 2.20 bits per heavy atom. The molecule has 0 aromatic heterocycles. The van der Waals surface area contributed by atoms with Crippen LogP contribution in [0.15, 0.2) is 24.3 Å². The average molecular weight is 340 g/mol. The molecule has 0 heterocycles. The molecule has 0 aromatic carbocycles. The van der Waals surface area contributed by atoms with Crippen molar-refractivity contribution >= 4 is 0 Å². The predicted octanol–water partition coefficient (Wildman–Crippen LogP) is 7.06. The van der Waals surface area contributed by atoms with E-state index in [1.165, 1.54) is 32.1 Å². The molecule has 0 aliphatic heterocycles. The van der Waals surface area contributed by atoms with Crippen LogP contribution in [-0.4, -0.2) is 0 Å². The molecule has 3 fully saturated rings. The summed E-state index contributed by atoms with van der Waals surface area (Å²) in [6, 6.07) is 2.68. The van der Waals surface area contributed by atoms with Gasteiger partial charge in [0.15, 0.2) is 0 Å². The van der Waals surface area contributed by atoms with E-state index < -0.39 is 0 Å². The summed E-state index contributed by atoms with van der Waals surface area (Å²) in [6.45, 7) is 18.7. The van der Waals surface area contributed by atoms with E-state index in [4.69, 9.17) is 0 Å². The molecule has 0 amide bonds. The molecular weight excluding hydrogens is 302 g/mol. The molecule has 3 aliphatic rings. The van der Waals surface area contributed by atoms with Crippen LogP contribution in [0.2, 0.25) is 0 Å². The SMILES string of the molecule is C=CC=C1C(C)(C)CCC2(C)C3CC(C)(C#N)CCC3(C)CCC12C. The highest BCUT2D eigenvalue weighted by atomic mass is 14.7. The van der Waals surface area contributed by atoms with Gasteiger partial charge in [-0.2, -0.15) is 5.26 Å². The smallest absolute Gasteiger partial charge is 0.0686 e. The van der Waals surface area contributed by atoms with Gasteiger partial charge in [-0.05, 0) is 79.4 Å². The molecule has 0 radical (unpaired) electrons. The molecule has 0 saturated heterocycles. The first-order valence-electron chi connectivity index (χ1n) is 10.2. The molecule has 0 bridgehead atoms. The van der Waals surface area contributed by atoms with Crippen molar-refractivity contribution in [2.24, 2.45) is 33.0 Å². The third kappa shape index (κ3) is 2.47. The molecule has 5 atom stereocenters. The number of nitriles is 1. The van der Waals surface area contributed by atoms with Gasteiger partial charge in [-0.15, -0.1) is 0 Å². The van der Waals surface area contributed by atoms with Crippen LogP contribution in [0.25, 0.3) is 0 Å². The fourth-order valence-electron chi connectivity index (χ4n) is 7.01. The summed E-state index contributed by atoms with van der Waals surface area (Å²) in [5.41, 5.74) is 2.63. The Hall–Kier alpha value is -1.03. The van der Waals surface area contributed by atoms with Crippen molar-refractivity contribution in [3.8, 4) is 6.07 Å². The lowest BCUT2D eigenvalue weighted by Gasteiger charge is -2.69. The maximum atomic E-state index is 9.81. The van der Waals surface area contributed by atoms with E-state index in [1.807, 2.05) is 6.08 Å². The van der Waals surface area contributed by atoms with Gasteiger partial charge in [-0.25, -0.2) is 0 Å². The number of nitrogens with zero attached hydrogens (tertiary/aromatic N) is 1. The maximum Gasteiger partial charge on any atom is 0.0686 e. The van der Waals surface area contributed by atoms with Crippen molar-refractivity contribution in [1.82, 2.24) is 0 Å². The second-order valence-corrected chi connectivity index (χ2v) is 11.0. The molecular formula is C24H37N. The van der Waals surface area contributed by atoms with Crippen molar-refractivity contribution in [1.29, 1.82) is 5.26 Å². The minimum Gasteiger partial charge on any atom is -0.198 e. The van der Waals surface area contributed by atoms with Crippen LogP contribution >= 0.6 is 0 Å². The molecule has 0 spiro atoms. The lowest BCUT2D eigenvalue weighted by Crippen LogP contribution is -2.60. The number of rotatable bonds is 1. The van der Waals surface area contributed by atoms with E-state index >= 15 is 0 Å². The zero-order valence-corrected chi connectivity index (χ0v) is 17.3. The van der Waals surface area contributed by atoms with Crippen LogP contribution in [0.5, 0.6) is 0 Å². The Balaban J connectivity index is 2.12. The van der Waals surface area contributed by atoms with Crippen LogP contribution in [0, 0.1) is 44.3 Å². The molecule has 138 valence electrons. The summed E-state index contributed by atoms with van der Waals surface area (Å²) < 4.78 is 0. The van der Waals surface area contributed by atoms with Gasteiger partial charge >= 0.3 is 0 Å². The Bertz CT molecular complexity index is 649. The molecule has 1 nitrogen and oxygen atoms in total. The minimum atomic E-state index is -0.138.